The van der Waals surface area contributed by atoms with E-state index in [1.165, 1.54) is 12.2 Å². The topological polar surface area (TPSA) is 149 Å². The average molecular weight is 465 g/mol. The highest BCUT2D eigenvalue weighted by Gasteiger charge is 2.44. The van der Waals surface area contributed by atoms with Crippen LogP contribution in [0.25, 0.3) is 0 Å². The van der Waals surface area contributed by atoms with E-state index in [1.54, 1.807) is 32.1 Å². The van der Waals surface area contributed by atoms with Crippen molar-refractivity contribution < 1.29 is 39.6 Å². The molecule has 1 saturated heterocycles. The molecule has 0 aromatic heterocycles. The van der Waals surface area contributed by atoms with Crippen molar-refractivity contribution >= 4 is 17.4 Å². The van der Waals surface area contributed by atoms with Crippen LogP contribution >= 0.6 is 0 Å². The van der Waals surface area contributed by atoms with Crippen molar-refractivity contribution in [3.63, 3.8) is 0 Å². The summed E-state index contributed by atoms with van der Waals surface area (Å²) in [6, 6.07) is 7.29. The molecule has 0 unspecified atom stereocenters. The number of rotatable bonds is 9. The van der Waals surface area contributed by atoms with Gasteiger partial charge < -0.3 is 30.1 Å². The number of hydrogen-bond donors (Lipinski definition) is 5. The number of allylic oxidation sites excluding steroid dienone is 3. The number of benzene rings is 1. The van der Waals surface area contributed by atoms with Crippen molar-refractivity contribution in [2.45, 2.75) is 44.6 Å². The molecule has 2 rings (SSSR count). The third-order valence-electron chi connectivity index (χ3n) is 5.22. The van der Waals surface area contributed by atoms with Gasteiger partial charge in [0.2, 0.25) is 6.29 Å². The summed E-state index contributed by atoms with van der Waals surface area (Å²) >= 11 is 0. The molecule has 0 saturated carbocycles. The highest BCUT2D eigenvalue weighted by atomic mass is 16.8. The zero-order valence-corrected chi connectivity index (χ0v) is 19.1. The number of ether oxygens (including phenoxy) is 1. The first-order chi connectivity index (χ1) is 15.5. The Morgan fingerprint density at radius 1 is 1.12 bits per heavy atom. The van der Waals surface area contributed by atoms with Gasteiger partial charge in [-0.2, -0.15) is 0 Å². The minimum absolute atomic E-state index is 0.0524. The lowest BCUT2D eigenvalue weighted by atomic mass is 9.97. The van der Waals surface area contributed by atoms with Gasteiger partial charge in [0.25, 0.3) is 5.91 Å². The zero-order chi connectivity index (χ0) is 24.7. The molecule has 182 valence electrons. The van der Waals surface area contributed by atoms with Crippen LogP contribution < -0.4 is 10.4 Å². The Hall–Kier alpha value is -2.60. The number of Topliss-reactive ketones (excluding diaryl/α,β-unsaturated/α-hetero) is 1. The van der Waals surface area contributed by atoms with Gasteiger partial charge in [0.1, 0.15) is 24.4 Å². The summed E-state index contributed by atoms with van der Waals surface area (Å²) in [5, 5.41) is 38.5. The third kappa shape index (κ3) is 7.19. The fourth-order valence-electron chi connectivity index (χ4n) is 3.23. The summed E-state index contributed by atoms with van der Waals surface area (Å²) in [7, 11) is 3.84. The highest BCUT2D eigenvalue weighted by Crippen LogP contribution is 2.21. The first-order valence-electron chi connectivity index (χ1n) is 10.5. The van der Waals surface area contributed by atoms with E-state index in [9.17, 15) is 24.9 Å². The summed E-state index contributed by atoms with van der Waals surface area (Å²) in [4.78, 5) is 31.5. The third-order valence-corrected chi connectivity index (χ3v) is 5.22. The number of amides is 1. The predicted octanol–water partition coefficient (Wildman–Crippen LogP) is -0.0784. The van der Waals surface area contributed by atoms with Gasteiger partial charge in [0.15, 0.2) is 5.78 Å². The summed E-state index contributed by atoms with van der Waals surface area (Å²) in [5.74, 6) is -1.14. The lowest BCUT2D eigenvalue weighted by molar-refractivity contribution is -0.312. The normalized spacial score (nSPS) is 26.8. The second-order valence-corrected chi connectivity index (χ2v) is 8.12. The maximum Gasteiger partial charge on any atom is 0.267 e. The van der Waals surface area contributed by atoms with Crippen LogP contribution in [0.2, 0.25) is 0 Å². The Labute approximate surface area is 192 Å². The molecule has 0 bridgehead atoms. The number of aliphatic hydroxyl groups is 4. The van der Waals surface area contributed by atoms with Gasteiger partial charge in [0, 0.05) is 37.3 Å². The number of anilines is 1. The van der Waals surface area contributed by atoms with Gasteiger partial charge in [-0.05, 0) is 31.2 Å². The van der Waals surface area contributed by atoms with Crippen LogP contribution in [-0.2, 0) is 14.4 Å². The molecule has 5 N–H and O–H groups in total. The van der Waals surface area contributed by atoms with E-state index in [2.05, 4.69) is 5.48 Å². The maximum atomic E-state index is 12.6. The Kier molecular flexibility index (Phi) is 9.71. The molecule has 1 fully saturated rings. The Morgan fingerprint density at radius 2 is 1.76 bits per heavy atom. The Morgan fingerprint density at radius 3 is 2.33 bits per heavy atom. The molecule has 10 heteroatoms. The summed E-state index contributed by atoms with van der Waals surface area (Å²) in [5.41, 5.74) is 4.30. The first-order valence-corrected chi connectivity index (χ1v) is 10.5. The molecule has 1 aromatic carbocycles. The molecule has 1 aromatic rings. The molecule has 33 heavy (non-hydrogen) atoms. The van der Waals surface area contributed by atoms with E-state index in [-0.39, 0.29) is 5.78 Å². The van der Waals surface area contributed by atoms with Crippen LogP contribution in [0, 0.1) is 5.92 Å². The van der Waals surface area contributed by atoms with E-state index in [4.69, 9.17) is 14.7 Å². The number of nitrogens with zero attached hydrogens (tertiary/aromatic N) is 1. The van der Waals surface area contributed by atoms with Gasteiger partial charge in [-0.1, -0.05) is 24.6 Å². The number of ketones is 1. The molecule has 1 aliphatic heterocycles. The standard InChI is InChI=1S/C23H32N2O8/c1-13(11-14(2)19(28)15-6-8-16(9-7-15)25(3)4)5-10-18(27)24-33-23-22(31)21(30)20(29)17(12-26)32-23/h5-11,14,17,20-23,26,29-31H,12H2,1-4H3,(H,24,27)/t14-,17+,20-,21-,22-,23+/m1/s1. The van der Waals surface area contributed by atoms with Crippen LogP contribution in [0.4, 0.5) is 5.69 Å². The van der Waals surface area contributed by atoms with E-state index < -0.39 is 49.1 Å². The fraction of sp³-hybridized carbons (Fsp3) is 0.478. The number of hydroxylamine groups is 1. The molecular formula is C23H32N2O8. The molecular weight excluding hydrogens is 432 g/mol. The van der Waals surface area contributed by atoms with Crippen LogP contribution in [0.15, 0.2) is 48.1 Å². The average Bonchev–Trinajstić information content (AvgIpc) is 2.80. The van der Waals surface area contributed by atoms with E-state index in [0.29, 0.717) is 11.1 Å². The highest BCUT2D eigenvalue weighted by molar-refractivity contribution is 5.99. The maximum absolute atomic E-state index is 12.6. The number of nitrogens with one attached hydrogen (secondary N) is 1. The zero-order valence-electron chi connectivity index (χ0n) is 19.1. The van der Waals surface area contributed by atoms with Crippen molar-refractivity contribution in [1.82, 2.24) is 5.48 Å². The number of carbonyl (C=O) groups excluding carboxylic acids is 2. The molecule has 1 heterocycles. The molecule has 1 amide bonds. The second kappa shape index (κ2) is 12.0. The van der Waals surface area contributed by atoms with Gasteiger partial charge in [-0.25, -0.2) is 10.3 Å². The van der Waals surface area contributed by atoms with Gasteiger partial charge in [0.05, 0.1) is 6.61 Å². The molecule has 0 aliphatic carbocycles. The van der Waals surface area contributed by atoms with Gasteiger partial charge in [-0.15, -0.1) is 0 Å². The van der Waals surface area contributed by atoms with Crippen molar-refractivity contribution in [2.75, 3.05) is 25.6 Å². The summed E-state index contributed by atoms with van der Waals surface area (Å²) < 4.78 is 5.13. The number of carbonyl (C=O) groups is 2. The minimum atomic E-state index is -1.63. The molecule has 6 atom stereocenters. The van der Waals surface area contributed by atoms with Crippen LogP contribution in [0.1, 0.15) is 24.2 Å². The van der Waals surface area contributed by atoms with E-state index in [1.807, 2.05) is 31.1 Å². The second-order valence-electron chi connectivity index (χ2n) is 8.12. The molecule has 0 spiro atoms. The van der Waals surface area contributed by atoms with Crippen LogP contribution in [0.5, 0.6) is 0 Å². The number of aliphatic hydroxyl groups excluding tert-OH is 4. The van der Waals surface area contributed by atoms with E-state index >= 15 is 0 Å². The van der Waals surface area contributed by atoms with Gasteiger partial charge in [-0.3, -0.25) is 9.59 Å². The van der Waals surface area contributed by atoms with Crippen molar-refractivity contribution in [3.8, 4) is 0 Å². The SMILES string of the molecule is CC(C=CC(=O)NO[C@@H]1O[C@@H](CO)[C@@H](O)[C@@H](O)[C@H]1O)=C[C@@H](C)C(=O)c1ccc(N(C)C)cc1. The van der Waals surface area contributed by atoms with Crippen LogP contribution in [0.3, 0.4) is 0 Å². The van der Waals surface area contributed by atoms with Crippen molar-refractivity contribution in [3.05, 3.63) is 53.6 Å². The first kappa shape index (κ1) is 26.7. The lowest BCUT2D eigenvalue weighted by Crippen LogP contribution is -2.60. The van der Waals surface area contributed by atoms with Crippen LogP contribution in [-0.4, -0.2) is 83.5 Å². The summed E-state index contributed by atoms with van der Waals surface area (Å²) in [6.07, 6.45) is -3.02. The Balaban J connectivity index is 1.89. The quantitative estimate of drug-likeness (QED) is 0.146. The van der Waals surface area contributed by atoms with Crippen molar-refractivity contribution in [2.24, 2.45) is 5.92 Å². The number of hydrogen-bond acceptors (Lipinski definition) is 9. The molecule has 10 nitrogen and oxygen atoms in total. The minimum Gasteiger partial charge on any atom is -0.394 e. The van der Waals surface area contributed by atoms with Crippen molar-refractivity contribution in [1.29, 1.82) is 0 Å². The predicted molar refractivity (Wildman–Crippen MR) is 120 cm³/mol. The lowest BCUT2D eigenvalue weighted by Gasteiger charge is -2.38. The Bertz CT molecular complexity index is 866. The largest absolute Gasteiger partial charge is 0.394 e. The molecule has 1 aliphatic rings. The summed E-state index contributed by atoms with van der Waals surface area (Å²) in [6.45, 7) is 2.89. The fourth-order valence-corrected chi connectivity index (χ4v) is 3.23. The smallest absolute Gasteiger partial charge is 0.267 e. The van der Waals surface area contributed by atoms with E-state index in [0.717, 1.165) is 5.69 Å². The molecule has 0 radical (unpaired) electrons. The van der Waals surface area contributed by atoms with Gasteiger partial charge >= 0.3 is 0 Å². The monoisotopic (exact) mass is 464 g/mol.